The summed E-state index contributed by atoms with van der Waals surface area (Å²) in [5.74, 6) is 0. The molecule has 2 aliphatic heterocycles. The van der Waals surface area contributed by atoms with Crippen LogP contribution in [0.5, 0.6) is 0 Å². The van der Waals surface area contributed by atoms with E-state index < -0.39 is 0 Å². The van der Waals surface area contributed by atoms with Crippen LogP contribution in [0.4, 0.5) is 0 Å². The third-order valence-electron chi connectivity index (χ3n) is 3.59. The van der Waals surface area contributed by atoms with Crippen LogP contribution in [0.2, 0.25) is 0 Å². The van der Waals surface area contributed by atoms with Gasteiger partial charge in [-0.2, -0.15) is 0 Å². The van der Waals surface area contributed by atoms with Crippen molar-refractivity contribution < 1.29 is 4.74 Å². The third-order valence-corrected chi connectivity index (χ3v) is 3.59. The lowest BCUT2D eigenvalue weighted by atomic mass is 9.74. The second-order valence-electron chi connectivity index (χ2n) is 4.37. The molecule has 0 aliphatic carbocycles. The molecule has 3 heteroatoms. The van der Waals surface area contributed by atoms with E-state index in [0.717, 1.165) is 39.1 Å². The molecule has 0 unspecified atom stereocenters. The van der Waals surface area contributed by atoms with Crippen LogP contribution in [0.1, 0.15) is 24.1 Å². The summed E-state index contributed by atoms with van der Waals surface area (Å²) in [4.78, 5) is 3.42. The molecular formula is C11H16N2O. The van der Waals surface area contributed by atoms with Gasteiger partial charge in [0.2, 0.25) is 0 Å². The van der Waals surface area contributed by atoms with Gasteiger partial charge in [-0.25, -0.2) is 0 Å². The largest absolute Gasteiger partial charge is 0.381 e. The normalized spacial score (nSPS) is 24.9. The zero-order chi connectivity index (χ0) is 9.43. The van der Waals surface area contributed by atoms with Crippen molar-refractivity contribution in [3.63, 3.8) is 0 Å². The molecule has 1 spiro atoms. The van der Waals surface area contributed by atoms with E-state index in [2.05, 4.69) is 22.6 Å². The number of aromatic nitrogens is 1. The summed E-state index contributed by atoms with van der Waals surface area (Å²) < 4.78 is 5.45. The SMILES string of the molecule is c1cc2c([nH]1)C1(CCOCC1)CNC2. The Kier molecular flexibility index (Phi) is 1.89. The Morgan fingerprint density at radius 3 is 3.00 bits per heavy atom. The van der Waals surface area contributed by atoms with Gasteiger partial charge in [-0.05, 0) is 24.5 Å². The van der Waals surface area contributed by atoms with Gasteiger partial charge in [-0.15, -0.1) is 0 Å². The molecule has 1 aromatic heterocycles. The van der Waals surface area contributed by atoms with Crippen molar-refractivity contribution in [3.05, 3.63) is 23.5 Å². The van der Waals surface area contributed by atoms with Gasteiger partial charge in [0.1, 0.15) is 0 Å². The van der Waals surface area contributed by atoms with Gasteiger partial charge in [0.05, 0.1) is 0 Å². The van der Waals surface area contributed by atoms with Crippen molar-refractivity contribution in [1.29, 1.82) is 0 Å². The summed E-state index contributed by atoms with van der Waals surface area (Å²) in [7, 11) is 0. The zero-order valence-corrected chi connectivity index (χ0v) is 8.31. The van der Waals surface area contributed by atoms with Crippen molar-refractivity contribution in [1.82, 2.24) is 10.3 Å². The molecule has 0 amide bonds. The highest BCUT2D eigenvalue weighted by atomic mass is 16.5. The number of ether oxygens (including phenoxy) is 1. The summed E-state index contributed by atoms with van der Waals surface area (Å²) in [5, 5.41) is 3.51. The summed E-state index contributed by atoms with van der Waals surface area (Å²) in [5.41, 5.74) is 3.23. The number of hydrogen-bond donors (Lipinski definition) is 2. The Morgan fingerprint density at radius 2 is 2.14 bits per heavy atom. The average molecular weight is 192 g/mol. The second kappa shape index (κ2) is 3.11. The first-order valence-corrected chi connectivity index (χ1v) is 5.36. The molecule has 1 saturated heterocycles. The molecule has 2 N–H and O–H groups in total. The van der Waals surface area contributed by atoms with Crippen molar-refractivity contribution in [2.75, 3.05) is 19.8 Å². The number of hydrogen-bond acceptors (Lipinski definition) is 2. The number of aromatic amines is 1. The van der Waals surface area contributed by atoms with E-state index in [4.69, 9.17) is 4.74 Å². The van der Waals surface area contributed by atoms with E-state index in [-0.39, 0.29) is 0 Å². The topological polar surface area (TPSA) is 37.0 Å². The Morgan fingerprint density at radius 1 is 1.29 bits per heavy atom. The second-order valence-corrected chi connectivity index (χ2v) is 4.37. The number of H-pyrrole nitrogens is 1. The van der Waals surface area contributed by atoms with E-state index in [1.807, 2.05) is 0 Å². The van der Waals surface area contributed by atoms with Gasteiger partial charge >= 0.3 is 0 Å². The highest BCUT2D eigenvalue weighted by Gasteiger charge is 2.38. The predicted molar refractivity (Wildman–Crippen MR) is 54.2 cm³/mol. The first kappa shape index (κ1) is 8.50. The molecule has 3 heterocycles. The highest BCUT2D eigenvalue weighted by molar-refractivity contribution is 5.32. The summed E-state index contributed by atoms with van der Waals surface area (Å²) >= 11 is 0. The fourth-order valence-corrected chi connectivity index (χ4v) is 2.76. The van der Waals surface area contributed by atoms with Gasteiger partial charge in [-0.1, -0.05) is 0 Å². The lowest BCUT2D eigenvalue weighted by Crippen LogP contribution is -2.46. The molecule has 1 fully saturated rings. The Labute approximate surface area is 83.8 Å². The van der Waals surface area contributed by atoms with Gasteiger partial charge < -0.3 is 15.0 Å². The van der Waals surface area contributed by atoms with E-state index in [1.54, 1.807) is 0 Å². The average Bonchev–Trinajstić information content (AvgIpc) is 2.69. The van der Waals surface area contributed by atoms with E-state index in [9.17, 15) is 0 Å². The number of rotatable bonds is 0. The minimum absolute atomic E-state index is 0.329. The molecule has 3 rings (SSSR count). The first-order chi connectivity index (χ1) is 6.91. The van der Waals surface area contributed by atoms with Crippen molar-refractivity contribution >= 4 is 0 Å². The molecular weight excluding hydrogens is 176 g/mol. The molecule has 1 aromatic rings. The van der Waals surface area contributed by atoms with Crippen LogP contribution >= 0.6 is 0 Å². The Balaban J connectivity index is 2.01. The highest BCUT2D eigenvalue weighted by Crippen LogP contribution is 2.37. The van der Waals surface area contributed by atoms with Crippen LogP contribution < -0.4 is 5.32 Å². The molecule has 0 saturated carbocycles. The van der Waals surface area contributed by atoms with Crippen LogP contribution in [0.15, 0.2) is 12.3 Å². The summed E-state index contributed by atoms with van der Waals surface area (Å²) in [6, 6.07) is 2.19. The van der Waals surface area contributed by atoms with Gasteiger partial charge in [0, 0.05) is 43.6 Å². The van der Waals surface area contributed by atoms with Crippen LogP contribution in [0.25, 0.3) is 0 Å². The lowest BCUT2D eigenvalue weighted by Gasteiger charge is -2.40. The van der Waals surface area contributed by atoms with Crippen molar-refractivity contribution in [2.45, 2.75) is 24.8 Å². The van der Waals surface area contributed by atoms with Crippen LogP contribution in [0.3, 0.4) is 0 Å². The maximum Gasteiger partial charge on any atom is 0.0475 e. The zero-order valence-electron chi connectivity index (χ0n) is 8.31. The van der Waals surface area contributed by atoms with E-state index >= 15 is 0 Å². The third kappa shape index (κ3) is 1.12. The van der Waals surface area contributed by atoms with Gasteiger partial charge in [-0.3, -0.25) is 0 Å². The van der Waals surface area contributed by atoms with Gasteiger partial charge in [0.15, 0.2) is 0 Å². The first-order valence-electron chi connectivity index (χ1n) is 5.36. The molecule has 0 aromatic carbocycles. The minimum Gasteiger partial charge on any atom is -0.381 e. The van der Waals surface area contributed by atoms with Crippen LogP contribution in [0, 0.1) is 0 Å². The number of nitrogens with one attached hydrogen (secondary N) is 2. The fraction of sp³-hybridized carbons (Fsp3) is 0.636. The molecule has 3 nitrogen and oxygen atoms in total. The lowest BCUT2D eigenvalue weighted by molar-refractivity contribution is 0.0458. The quantitative estimate of drug-likeness (QED) is 0.647. The van der Waals surface area contributed by atoms with Gasteiger partial charge in [0.25, 0.3) is 0 Å². The van der Waals surface area contributed by atoms with Crippen molar-refractivity contribution in [3.8, 4) is 0 Å². The fourth-order valence-electron chi connectivity index (χ4n) is 2.76. The van der Waals surface area contributed by atoms with E-state index in [0.29, 0.717) is 5.41 Å². The van der Waals surface area contributed by atoms with Crippen molar-refractivity contribution in [2.24, 2.45) is 0 Å². The Hall–Kier alpha value is -0.800. The summed E-state index contributed by atoms with van der Waals surface area (Å²) in [6.07, 6.45) is 4.36. The minimum atomic E-state index is 0.329. The molecule has 76 valence electrons. The van der Waals surface area contributed by atoms with Crippen LogP contribution in [-0.4, -0.2) is 24.7 Å². The Bertz CT molecular complexity index is 326. The van der Waals surface area contributed by atoms with E-state index in [1.165, 1.54) is 11.3 Å². The standard InChI is InChI=1S/C11H16N2O/c1-4-13-10-9(1)7-12-8-11(10)2-5-14-6-3-11/h1,4,12-13H,2-3,5-8H2. The molecule has 14 heavy (non-hydrogen) atoms. The van der Waals surface area contributed by atoms with Crippen LogP contribution in [-0.2, 0) is 16.7 Å². The maximum absolute atomic E-state index is 5.45. The molecule has 0 radical (unpaired) electrons. The smallest absolute Gasteiger partial charge is 0.0475 e. The molecule has 0 atom stereocenters. The monoisotopic (exact) mass is 192 g/mol. The maximum atomic E-state index is 5.45. The predicted octanol–water partition coefficient (Wildman–Crippen LogP) is 1.17. The number of fused-ring (bicyclic) bond motifs is 2. The molecule has 2 aliphatic rings. The summed E-state index contributed by atoms with van der Waals surface area (Å²) in [6.45, 7) is 3.92. The molecule has 0 bridgehead atoms.